The molecule has 2 aromatic heterocycles. The molecule has 0 radical (unpaired) electrons. The van der Waals surface area contributed by atoms with Gasteiger partial charge in [-0.3, -0.25) is 14.3 Å². The molecule has 0 bridgehead atoms. The molecule has 2 heterocycles. The van der Waals surface area contributed by atoms with Crippen molar-refractivity contribution in [3.63, 3.8) is 0 Å². The van der Waals surface area contributed by atoms with Gasteiger partial charge in [-0.2, -0.15) is 10.1 Å². The zero-order valence-corrected chi connectivity index (χ0v) is 15.1. The van der Waals surface area contributed by atoms with Gasteiger partial charge in [0.2, 0.25) is 5.95 Å². The molecule has 9 nitrogen and oxygen atoms in total. The summed E-state index contributed by atoms with van der Waals surface area (Å²) in [7, 11) is 5.52. The summed E-state index contributed by atoms with van der Waals surface area (Å²) in [6, 6.07) is 7.91. The van der Waals surface area contributed by atoms with Gasteiger partial charge in [-0.25, -0.2) is 10.2 Å². The van der Waals surface area contributed by atoms with E-state index in [0.717, 1.165) is 11.3 Å². The average Bonchev–Trinajstić information content (AvgIpc) is 2.99. The fraction of sp³-hybridized carbons (Fsp3) is 0.294. The lowest BCUT2D eigenvalue weighted by molar-refractivity contribution is 0.781. The average molecular weight is 355 g/mol. The van der Waals surface area contributed by atoms with E-state index in [0.29, 0.717) is 23.7 Å². The number of rotatable bonds is 5. The minimum atomic E-state index is -0.501. The number of hydrogen-bond donors (Lipinski definition) is 2. The van der Waals surface area contributed by atoms with E-state index < -0.39 is 11.2 Å². The number of benzene rings is 1. The van der Waals surface area contributed by atoms with Gasteiger partial charge in [0.1, 0.15) is 0 Å². The predicted octanol–water partition coefficient (Wildman–Crippen LogP) is 0.955. The van der Waals surface area contributed by atoms with Crippen molar-refractivity contribution in [1.29, 1.82) is 0 Å². The van der Waals surface area contributed by atoms with Crippen molar-refractivity contribution in [2.45, 2.75) is 13.5 Å². The van der Waals surface area contributed by atoms with Crippen LogP contribution in [0.4, 0.5) is 11.6 Å². The van der Waals surface area contributed by atoms with E-state index in [9.17, 15) is 9.59 Å². The number of H-pyrrole nitrogens is 1. The SMILES string of the molecule is CCn1c(N/N=C\c2ccc(N(C)C)cc2)nc2c1c(=O)[nH]c(=O)n2C. The van der Waals surface area contributed by atoms with E-state index in [1.54, 1.807) is 17.8 Å². The standard InChI is InChI=1S/C17H21N7O2/c1-5-24-13-14(23(4)17(26)20-15(13)25)19-16(24)21-18-10-11-6-8-12(9-7-11)22(2)3/h6-10H,5H2,1-4H3,(H,19,21)(H,20,25,26)/b18-10-. The second-order valence-corrected chi connectivity index (χ2v) is 6.03. The lowest BCUT2D eigenvalue weighted by Crippen LogP contribution is -2.29. The maximum absolute atomic E-state index is 12.1. The van der Waals surface area contributed by atoms with E-state index >= 15 is 0 Å². The third kappa shape index (κ3) is 3.10. The summed E-state index contributed by atoms with van der Waals surface area (Å²) in [5, 5.41) is 4.20. The maximum atomic E-state index is 12.1. The molecule has 0 amide bonds. The van der Waals surface area contributed by atoms with Crippen LogP contribution in [-0.2, 0) is 13.6 Å². The van der Waals surface area contributed by atoms with Crippen molar-refractivity contribution in [2.24, 2.45) is 12.1 Å². The molecule has 3 aromatic rings. The van der Waals surface area contributed by atoms with E-state index in [-0.39, 0.29) is 0 Å². The molecule has 0 unspecified atom stereocenters. The molecule has 0 aliphatic heterocycles. The van der Waals surface area contributed by atoms with Gasteiger partial charge in [-0.05, 0) is 24.6 Å². The number of fused-ring (bicyclic) bond motifs is 1. The first-order valence-corrected chi connectivity index (χ1v) is 8.18. The van der Waals surface area contributed by atoms with Gasteiger partial charge in [0.05, 0.1) is 6.21 Å². The first kappa shape index (κ1) is 17.5. The number of nitrogens with one attached hydrogen (secondary N) is 2. The molecule has 0 aliphatic rings. The lowest BCUT2D eigenvalue weighted by Gasteiger charge is -2.11. The molecule has 0 spiro atoms. The van der Waals surface area contributed by atoms with Crippen molar-refractivity contribution in [3.05, 3.63) is 50.7 Å². The summed E-state index contributed by atoms with van der Waals surface area (Å²) < 4.78 is 2.98. The van der Waals surface area contributed by atoms with Crippen molar-refractivity contribution in [3.8, 4) is 0 Å². The lowest BCUT2D eigenvalue weighted by atomic mass is 10.2. The Kier molecular flexibility index (Phi) is 4.61. The fourth-order valence-corrected chi connectivity index (χ4v) is 2.65. The molecular formula is C17H21N7O2. The maximum Gasteiger partial charge on any atom is 0.329 e. The Morgan fingerprint density at radius 2 is 1.96 bits per heavy atom. The fourth-order valence-electron chi connectivity index (χ4n) is 2.65. The van der Waals surface area contributed by atoms with E-state index in [1.807, 2.05) is 50.2 Å². The third-order valence-corrected chi connectivity index (χ3v) is 4.11. The highest BCUT2D eigenvalue weighted by atomic mass is 16.2. The van der Waals surface area contributed by atoms with Crippen molar-refractivity contribution >= 4 is 29.0 Å². The smallest absolute Gasteiger partial charge is 0.329 e. The molecule has 2 N–H and O–H groups in total. The van der Waals surface area contributed by atoms with Gasteiger partial charge >= 0.3 is 5.69 Å². The van der Waals surface area contributed by atoms with Gasteiger partial charge in [0.25, 0.3) is 5.56 Å². The van der Waals surface area contributed by atoms with Crippen LogP contribution in [0.3, 0.4) is 0 Å². The Hall–Kier alpha value is -3.36. The molecule has 136 valence electrons. The van der Waals surface area contributed by atoms with Crippen LogP contribution in [-0.4, -0.2) is 39.4 Å². The van der Waals surface area contributed by atoms with Gasteiger partial charge in [0.15, 0.2) is 11.2 Å². The first-order chi connectivity index (χ1) is 12.4. The Morgan fingerprint density at radius 3 is 2.58 bits per heavy atom. The highest BCUT2D eigenvalue weighted by molar-refractivity contribution is 5.81. The number of hydrazone groups is 1. The number of anilines is 2. The summed E-state index contributed by atoms with van der Waals surface area (Å²) in [6.45, 7) is 2.40. The van der Waals surface area contributed by atoms with Crippen LogP contribution in [0.25, 0.3) is 11.2 Å². The van der Waals surface area contributed by atoms with Crippen LogP contribution in [0.2, 0.25) is 0 Å². The Bertz CT molecular complexity index is 1070. The van der Waals surface area contributed by atoms with E-state index in [4.69, 9.17) is 0 Å². The molecule has 1 aromatic carbocycles. The van der Waals surface area contributed by atoms with Crippen molar-refractivity contribution < 1.29 is 0 Å². The summed E-state index contributed by atoms with van der Waals surface area (Å²) in [5.74, 6) is 0.398. The second kappa shape index (κ2) is 6.87. The zero-order valence-electron chi connectivity index (χ0n) is 15.1. The van der Waals surface area contributed by atoms with Gasteiger partial charge in [0, 0.05) is 33.4 Å². The molecule has 9 heteroatoms. The first-order valence-electron chi connectivity index (χ1n) is 8.18. The Morgan fingerprint density at radius 1 is 1.27 bits per heavy atom. The monoisotopic (exact) mass is 355 g/mol. The van der Waals surface area contributed by atoms with Crippen LogP contribution < -0.4 is 21.6 Å². The van der Waals surface area contributed by atoms with Crippen LogP contribution in [0.15, 0.2) is 39.0 Å². The third-order valence-electron chi connectivity index (χ3n) is 4.11. The number of nitrogens with zero attached hydrogens (tertiary/aromatic N) is 5. The molecular weight excluding hydrogens is 334 g/mol. The molecule has 3 rings (SSSR count). The summed E-state index contributed by atoms with van der Waals surface area (Å²) in [5.41, 5.74) is 4.56. The van der Waals surface area contributed by atoms with Crippen LogP contribution in [0.1, 0.15) is 12.5 Å². The van der Waals surface area contributed by atoms with Crippen LogP contribution >= 0.6 is 0 Å². The molecule has 0 saturated heterocycles. The normalized spacial score (nSPS) is 11.4. The minimum absolute atomic E-state index is 0.314. The van der Waals surface area contributed by atoms with Crippen LogP contribution in [0, 0.1) is 0 Å². The van der Waals surface area contributed by atoms with E-state index in [2.05, 4.69) is 20.5 Å². The minimum Gasteiger partial charge on any atom is -0.378 e. The predicted molar refractivity (Wildman–Crippen MR) is 103 cm³/mol. The quantitative estimate of drug-likeness (QED) is 0.524. The molecule has 26 heavy (non-hydrogen) atoms. The topological polar surface area (TPSA) is 100 Å². The Balaban J connectivity index is 1.91. The summed E-state index contributed by atoms with van der Waals surface area (Å²) in [6.07, 6.45) is 1.67. The van der Waals surface area contributed by atoms with Crippen molar-refractivity contribution in [2.75, 3.05) is 24.4 Å². The zero-order chi connectivity index (χ0) is 18.8. The van der Waals surface area contributed by atoms with Crippen molar-refractivity contribution in [1.82, 2.24) is 19.1 Å². The van der Waals surface area contributed by atoms with Gasteiger partial charge < -0.3 is 9.47 Å². The Labute approximate surface area is 149 Å². The van der Waals surface area contributed by atoms with E-state index in [1.165, 1.54) is 4.57 Å². The molecule has 0 atom stereocenters. The largest absolute Gasteiger partial charge is 0.378 e. The van der Waals surface area contributed by atoms with Gasteiger partial charge in [-0.1, -0.05) is 12.1 Å². The molecule has 0 saturated carbocycles. The van der Waals surface area contributed by atoms with Gasteiger partial charge in [-0.15, -0.1) is 0 Å². The van der Waals surface area contributed by atoms with Crippen LogP contribution in [0.5, 0.6) is 0 Å². The number of hydrogen-bond acceptors (Lipinski definition) is 6. The number of aromatic amines is 1. The number of imidazole rings is 1. The number of aryl methyl sites for hydroxylation is 2. The summed E-state index contributed by atoms with van der Waals surface area (Å²) >= 11 is 0. The summed E-state index contributed by atoms with van der Waals surface area (Å²) in [4.78, 5) is 32.5. The molecule has 0 aliphatic carbocycles. The number of aromatic nitrogens is 4. The molecule has 0 fully saturated rings. The second-order valence-electron chi connectivity index (χ2n) is 6.03. The highest BCUT2D eigenvalue weighted by Gasteiger charge is 2.15. The highest BCUT2D eigenvalue weighted by Crippen LogP contribution is 2.15.